The highest BCUT2D eigenvalue weighted by atomic mass is 16.5. The minimum absolute atomic E-state index is 0.0465. The number of carbonyl (C=O) groups is 1. The van der Waals surface area contributed by atoms with Crippen LogP contribution in [0.2, 0.25) is 0 Å². The summed E-state index contributed by atoms with van der Waals surface area (Å²) < 4.78 is 5.57. The smallest absolute Gasteiger partial charge is 0.241 e. The van der Waals surface area contributed by atoms with Gasteiger partial charge in [-0.1, -0.05) is 12.1 Å². The van der Waals surface area contributed by atoms with Gasteiger partial charge in [0, 0.05) is 52.7 Å². The Morgan fingerprint density at radius 3 is 3.00 bits per heavy atom. The van der Waals surface area contributed by atoms with Crippen LogP contribution in [0.25, 0.3) is 0 Å². The van der Waals surface area contributed by atoms with E-state index in [1.807, 2.05) is 11.9 Å². The Balaban J connectivity index is 1.44. The Hall–Kier alpha value is -1.59. The molecule has 1 amide bonds. The van der Waals surface area contributed by atoms with Crippen LogP contribution in [0, 0.1) is 0 Å². The molecule has 3 heterocycles. The predicted octanol–water partition coefficient (Wildman–Crippen LogP) is 0.580. The molecule has 118 valence electrons. The van der Waals surface area contributed by atoms with Crippen molar-refractivity contribution in [3.05, 3.63) is 29.3 Å². The number of ether oxygens (including phenoxy) is 1. The summed E-state index contributed by atoms with van der Waals surface area (Å²) in [7, 11) is 1.92. The number of carbonyl (C=O) groups excluding carboxylic acids is 1. The highest BCUT2D eigenvalue weighted by Crippen LogP contribution is 2.27. The normalized spacial score (nSPS) is 25.8. The molecule has 0 spiro atoms. The van der Waals surface area contributed by atoms with Crippen molar-refractivity contribution in [3.8, 4) is 5.75 Å². The van der Waals surface area contributed by atoms with Gasteiger partial charge in [0.05, 0.1) is 6.61 Å². The molecule has 1 aromatic carbocycles. The summed E-state index contributed by atoms with van der Waals surface area (Å²) in [5.41, 5.74) is 2.65. The van der Waals surface area contributed by atoms with E-state index in [-0.39, 0.29) is 11.9 Å². The third kappa shape index (κ3) is 2.48. The molecule has 0 bridgehead atoms. The first-order valence-corrected chi connectivity index (χ1v) is 8.17. The van der Waals surface area contributed by atoms with Crippen molar-refractivity contribution in [2.75, 3.05) is 46.4 Å². The predicted molar refractivity (Wildman–Crippen MR) is 83.9 cm³/mol. The van der Waals surface area contributed by atoms with E-state index >= 15 is 0 Å². The molecule has 0 saturated carbocycles. The Morgan fingerprint density at radius 1 is 1.23 bits per heavy atom. The van der Waals surface area contributed by atoms with E-state index in [0.29, 0.717) is 0 Å². The van der Waals surface area contributed by atoms with Gasteiger partial charge in [-0.15, -0.1) is 0 Å². The van der Waals surface area contributed by atoms with Crippen LogP contribution in [0.15, 0.2) is 18.2 Å². The van der Waals surface area contributed by atoms with E-state index in [1.54, 1.807) is 0 Å². The Labute approximate surface area is 131 Å². The number of likely N-dealkylation sites (N-methyl/N-ethyl adjacent to an activating group) is 1. The van der Waals surface area contributed by atoms with Crippen LogP contribution in [-0.4, -0.2) is 73.0 Å². The molecule has 1 unspecified atom stereocenters. The lowest BCUT2D eigenvalue weighted by Gasteiger charge is -2.45. The number of hydrogen-bond donors (Lipinski definition) is 0. The van der Waals surface area contributed by atoms with E-state index in [4.69, 9.17) is 4.74 Å². The third-order valence-corrected chi connectivity index (χ3v) is 5.12. The van der Waals surface area contributed by atoms with Crippen molar-refractivity contribution in [1.82, 2.24) is 14.7 Å². The van der Waals surface area contributed by atoms with Gasteiger partial charge in [-0.25, -0.2) is 0 Å². The summed E-state index contributed by atoms with van der Waals surface area (Å²) >= 11 is 0. The van der Waals surface area contributed by atoms with Gasteiger partial charge in [0.2, 0.25) is 5.91 Å². The molecule has 0 aromatic heterocycles. The van der Waals surface area contributed by atoms with Crippen molar-refractivity contribution in [1.29, 1.82) is 0 Å². The van der Waals surface area contributed by atoms with Crippen molar-refractivity contribution in [2.45, 2.75) is 19.0 Å². The van der Waals surface area contributed by atoms with Gasteiger partial charge in [-0.3, -0.25) is 14.6 Å². The number of fused-ring (bicyclic) bond motifs is 2. The molecule has 0 N–H and O–H groups in total. The average molecular weight is 301 g/mol. The fraction of sp³-hybridized carbons (Fsp3) is 0.588. The second-order valence-electron chi connectivity index (χ2n) is 6.59. The number of hydrogen-bond acceptors (Lipinski definition) is 4. The zero-order valence-corrected chi connectivity index (χ0v) is 13.1. The summed E-state index contributed by atoms with van der Waals surface area (Å²) in [6.07, 6.45) is 1.02. The second-order valence-corrected chi connectivity index (χ2v) is 6.59. The highest BCUT2D eigenvalue weighted by molar-refractivity contribution is 5.82. The maximum atomic E-state index is 12.4. The van der Waals surface area contributed by atoms with Gasteiger partial charge in [-0.2, -0.15) is 0 Å². The Morgan fingerprint density at radius 2 is 2.09 bits per heavy atom. The molecule has 22 heavy (non-hydrogen) atoms. The lowest BCUT2D eigenvalue weighted by atomic mass is 10.1. The average Bonchev–Trinajstić information content (AvgIpc) is 2.99. The lowest BCUT2D eigenvalue weighted by Crippen LogP contribution is -2.63. The molecule has 2 fully saturated rings. The Kier molecular flexibility index (Phi) is 3.54. The SMILES string of the molecule is CN1CCN2CCN(Cc3ccc4c(c3)CCO4)CC2C1=O. The highest BCUT2D eigenvalue weighted by Gasteiger charge is 2.37. The molecule has 5 heteroatoms. The van der Waals surface area contributed by atoms with Crippen LogP contribution < -0.4 is 4.74 Å². The molecule has 0 aliphatic carbocycles. The maximum Gasteiger partial charge on any atom is 0.241 e. The van der Waals surface area contributed by atoms with Crippen molar-refractivity contribution in [3.63, 3.8) is 0 Å². The minimum Gasteiger partial charge on any atom is -0.493 e. The van der Waals surface area contributed by atoms with Gasteiger partial charge in [0.15, 0.2) is 0 Å². The summed E-state index contributed by atoms with van der Waals surface area (Å²) in [4.78, 5) is 19.0. The van der Waals surface area contributed by atoms with Crippen LogP contribution in [0.5, 0.6) is 5.75 Å². The van der Waals surface area contributed by atoms with Crippen LogP contribution in [-0.2, 0) is 17.8 Å². The fourth-order valence-electron chi connectivity index (χ4n) is 3.76. The summed E-state index contributed by atoms with van der Waals surface area (Å²) in [5, 5.41) is 0. The number of amides is 1. The minimum atomic E-state index is 0.0465. The zero-order valence-electron chi connectivity index (χ0n) is 13.1. The molecule has 0 radical (unpaired) electrons. The molecule has 1 atom stereocenters. The Bertz CT molecular complexity index is 589. The van der Waals surface area contributed by atoms with E-state index in [2.05, 4.69) is 28.0 Å². The van der Waals surface area contributed by atoms with E-state index in [0.717, 1.165) is 58.0 Å². The van der Waals surface area contributed by atoms with Crippen LogP contribution in [0.3, 0.4) is 0 Å². The number of benzene rings is 1. The largest absolute Gasteiger partial charge is 0.493 e. The summed E-state index contributed by atoms with van der Waals surface area (Å²) in [6.45, 7) is 6.49. The fourth-order valence-corrected chi connectivity index (χ4v) is 3.76. The van der Waals surface area contributed by atoms with Crippen LogP contribution >= 0.6 is 0 Å². The molecule has 1 aromatic rings. The summed E-state index contributed by atoms with van der Waals surface area (Å²) in [6, 6.07) is 6.56. The maximum absolute atomic E-state index is 12.4. The second kappa shape index (κ2) is 5.56. The first-order chi connectivity index (χ1) is 10.7. The van der Waals surface area contributed by atoms with Crippen molar-refractivity contribution >= 4 is 5.91 Å². The van der Waals surface area contributed by atoms with E-state index < -0.39 is 0 Å². The van der Waals surface area contributed by atoms with Crippen LogP contribution in [0.1, 0.15) is 11.1 Å². The standard InChI is InChI=1S/C17H23N3O2/c1-18-5-7-20-8-6-19(12-15(20)17(18)21)11-13-2-3-16-14(10-13)4-9-22-16/h2-3,10,15H,4-9,11-12H2,1H3. The van der Waals surface area contributed by atoms with Crippen LogP contribution in [0.4, 0.5) is 0 Å². The zero-order chi connectivity index (χ0) is 15.1. The topological polar surface area (TPSA) is 36.0 Å². The molecule has 2 saturated heterocycles. The third-order valence-electron chi connectivity index (χ3n) is 5.12. The van der Waals surface area contributed by atoms with Crippen molar-refractivity contribution in [2.24, 2.45) is 0 Å². The van der Waals surface area contributed by atoms with Gasteiger partial charge < -0.3 is 9.64 Å². The van der Waals surface area contributed by atoms with Gasteiger partial charge >= 0.3 is 0 Å². The van der Waals surface area contributed by atoms with Gasteiger partial charge in [0.1, 0.15) is 11.8 Å². The molecule has 4 rings (SSSR count). The molecule has 3 aliphatic heterocycles. The van der Waals surface area contributed by atoms with Gasteiger partial charge in [-0.05, 0) is 17.2 Å². The first kappa shape index (κ1) is 14.0. The molecule has 3 aliphatic rings. The summed E-state index contributed by atoms with van der Waals surface area (Å²) in [5.74, 6) is 1.32. The molecule has 5 nitrogen and oxygen atoms in total. The monoisotopic (exact) mass is 301 g/mol. The lowest BCUT2D eigenvalue weighted by molar-refractivity contribution is -0.143. The number of rotatable bonds is 2. The number of piperazine rings is 2. The molecular weight excluding hydrogens is 278 g/mol. The molecular formula is C17H23N3O2. The quantitative estimate of drug-likeness (QED) is 0.801. The van der Waals surface area contributed by atoms with Crippen molar-refractivity contribution < 1.29 is 9.53 Å². The van der Waals surface area contributed by atoms with E-state index in [9.17, 15) is 4.79 Å². The van der Waals surface area contributed by atoms with Gasteiger partial charge in [0.25, 0.3) is 0 Å². The van der Waals surface area contributed by atoms with E-state index in [1.165, 1.54) is 11.1 Å². The number of nitrogens with zero attached hydrogens (tertiary/aromatic N) is 3. The first-order valence-electron chi connectivity index (χ1n) is 8.17.